The summed E-state index contributed by atoms with van der Waals surface area (Å²) in [6, 6.07) is 4.07. The van der Waals surface area contributed by atoms with Crippen LogP contribution in [0, 0.1) is 11.2 Å². The Morgan fingerprint density at radius 1 is 1.58 bits per heavy atom. The number of nitrogens with two attached hydrogens (primary N) is 1. The molecule has 1 aliphatic rings. The summed E-state index contributed by atoms with van der Waals surface area (Å²) in [5.41, 5.74) is 6.21. The van der Waals surface area contributed by atoms with E-state index in [1.54, 1.807) is 6.07 Å². The Bertz CT molecular complexity index is 470. The van der Waals surface area contributed by atoms with Crippen LogP contribution in [-0.2, 0) is 0 Å². The van der Waals surface area contributed by atoms with Crippen LogP contribution >= 0.6 is 0 Å². The lowest BCUT2D eigenvalue weighted by atomic mass is 9.82. The van der Waals surface area contributed by atoms with E-state index in [0.29, 0.717) is 5.69 Å². The van der Waals surface area contributed by atoms with Gasteiger partial charge in [-0.3, -0.25) is 4.79 Å². The van der Waals surface area contributed by atoms with Gasteiger partial charge in [-0.1, -0.05) is 6.92 Å². The first kappa shape index (κ1) is 13.8. The van der Waals surface area contributed by atoms with Gasteiger partial charge in [-0.25, -0.2) is 4.39 Å². The first-order chi connectivity index (χ1) is 9.00. The van der Waals surface area contributed by atoms with Crippen molar-refractivity contribution >= 4 is 11.6 Å². The molecule has 1 heterocycles. The molecule has 1 fully saturated rings. The quantitative estimate of drug-likeness (QED) is 0.776. The van der Waals surface area contributed by atoms with Gasteiger partial charge in [0.25, 0.3) is 5.91 Å². The minimum atomic E-state index is -0.617. The van der Waals surface area contributed by atoms with Crippen molar-refractivity contribution < 1.29 is 9.18 Å². The Morgan fingerprint density at radius 2 is 2.37 bits per heavy atom. The third kappa shape index (κ3) is 3.44. The molecule has 1 aromatic carbocycles. The van der Waals surface area contributed by atoms with Crippen molar-refractivity contribution in [3.63, 3.8) is 0 Å². The number of anilines is 1. The van der Waals surface area contributed by atoms with Crippen LogP contribution in [0.15, 0.2) is 18.2 Å². The zero-order valence-corrected chi connectivity index (χ0v) is 11.1. The van der Waals surface area contributed by atoms with Gasteiger partial charge in [-0.2, -0.15) is 0 Å². The van der Waals surface area contributed by atoms with E-state index in [4.69, 9.17) is 5.73 Å². The normalized spacial score (nSPS) is 23.1. The second-order valence-corrected chi connectivity index (χ2v) is 5.50. The lowest BCUT2D eigenvalue weighted by Crippen LogP contribution is -2.42. The number of halogens is 1. The lowest BCUT2D eigenvalue weighted by Gasteiger charge is -2.34. The average Bonchev–Trinajstić information content (AvgIpc) is 2.38. The number of benzene rings is 1. The van der Waals surface area contributed by atoms with Gasteiger partial charge in [0.1, 0.15) is 5.82 Å². The Balaban J connectivity index is 2.08. The van der Waals surface area contributed by atoms with Crippen LogP contribution in [0.4, 0.5) is 10.1 Å². The Morgan fingerprint density at radius 3 is 3.00 bits per heavy atom. The molecule has 1 aliphatic heterocycles. The maximum absolute atomic E-state index is 13.1. The molecule has 0 aromatic heterocycles. The second-order valence-electron chi connectivity index (χ2n) is 5.50. The fourth-order valence-corrected chi connectivity index (χ4v) is 2.45. The predicted octanol–water partition coefficient (Wildman–Crippen LogP) is 1.73. The number of hydrogen-bond acceptors (Lipinski definition) is 3. The first-order valence-electron chi connectivity index (χ1n) is 6.54. The number of rotatable bonds is 4. The van der Waals surface area contributed by atoms with E-state index in [2.05, 4.69) is 17.6 Å². The number of amides is 1. The van der Waals surface area contributed by atoms with E-state index in [1.807, 2.05) is 0 Å². The minimum Gasteiger partial charge on any atom is -0.384 e. The summed E-state index contributed by atoms with van der Waals surface area (Å²) in [6.07, 6.45) is 2.27. The van der Waals surface area contributed by atoms with Crippen LogP contribution in [0.5, 0.6) is 0 Å². The third-order valence-electron chi connectivity index (χ3n) is 3.64. The summed E-state index contributed by atoms with van der Waals surface area (Å²) in [5, 5.41) is 6.59. The standard InChI is InChI=1S/C14H20FN3O/c1-14(5-2-6-17-8-14)9-18-12-4-3-10(15)7-11(12)13(16)19/h3-4,7,17-18H,2,5-6,8-9H2,1H3,(H2,16,19). The summed E-state index contributed by atoms with van der Waals surface area (Å²) in [5.74, 6) is -1.07. The Kier molecular flexibility index (Phi) is 4.04. The summed E-state index contributed by atoms with van der Waals surface area (Å²) in [7, 11) is 0. The van der Waals surface area contributed by atoms with Gasteiger partial charge in [0.2, 0.25) is 0 Å². The highest BCUT2D eigenvalue weighted by Gasteiger charge is 2.26. The summed E-state index contributed by atoms with van der Waals surface area (Å²) < 4.78 is 13.1. The number of hydrogen-bond donors (Lipinski definition) is 3. The zero-order valence-electron chi connectivity index (χ0n) is 11.1. The third-order valence-corrected chi connectivity index (χ3v) is 3.64. The molecule has 19 heavy (non-hydrogen) atoms. The second kappa shape index (κ2) is 5.57. The molecule has 0 radical (unpaired) electrons. The van der Waals surface area contributed by atoms with Crippen LogP contribution in [0.3, 0.4) is 0 Å². The highest BCUT2D eigenvalue weighted by Crippen LogP contribution is 2.26. The van der Waals surface area contributed by atoms with Crippen LogP contribution in [0.1, 0.15) is 30.1 Å². The molecule has 0 aliphatic carbocycles. The number of primary amides is 1. The minimum absolute atomic E-state index is 0.140. The van der Waals surface area contributed by atoms with Crippen molar-refractivity contribution in [3.05, 3.63) is 29.6 Å². The number of carbonyl (C=O) groups is 1. The largest absolute Gasteiger partial charge is 0.384 e. The smallest absolute Gasteiger partial charge is 0.250 e. The Labute approximate surface area is 112 Å². The highest BCUT2D eigenvalue weighted by atomic mass is 19.1. The van der Waals surface area contributed by atoms with Crippen molar-refractivity contribution in [2.24, 2.45) is 11.1 Å². The maximum atomic E-state index is 13.1. The number of carbonyl (C=O) groups excluding carboxylic acids is 1. The monoisotopic (exact) mass is 265 g/mol. The van der Waals surface area contributed by atoms with Crippen molar-refractivity contribution in [3.8, 4) is 0 Å². The van der Waals surface area contributed by atoms with Gasteiger partial charge < -0.3 is 16.4 Å². The van der Waals surface area contributed by atoms with E-state index in [1.165, 1.54) is 12.1 Å². The summed E-state index contributed by atoms with van der Waals surface area (Å²) >= 11 is 0. The molecule has 1 amide bonds. The molecule has 1 unspecified atom stereocenters. The molecule has 104 valence electrons. The Hall–Kier alpha value is -1.62. The van der Waals surface area contributed by atoms with Gasteiger partial charge in [0, 0.05) is 18.8 Å². The summed E-state index contributed by atoms with van der Waals surface area (Å²) in [6.45, 7) is 4.91. The fourth-order valence-electron chi connectivity index (χ4n) is 2.45. The van der Waals surface area contributed by atoms with Crippen molar-refractivity contribution in [1.29, 1.82) is 0 Å². The molecule has 1 saturated heterocycles. The molecule has 5 heteroatoms. The van der Waals surface area contributed by atoms with E-state index in [9.17, 15) is 9.18 Å². The van der Waals surface area contributed by atoms with Gasteiger partial charge in [-0.05, 0) is 43.0 Å². The van der Waals surface area contributed by atoms with Crippen LogP contribution in [0.2, 0.25) is 0 Å². The van der Waals surface area contributed by atoms with Crippen LogP contribution < -0.4 is 16.4 Å². The van der Waals surface area contributed by atoms with Crippen LogP contribution in [0.25, 0.3) is 0 Å². The van der Waals surface area contributed by atoms with E-state index in [0.717, 1.165) is 32.5 Å². The van der Waals surface area contributed by atoms with Crippen molar-refractivity contribution in [1.82, 2.24) is 5.32 Å². The van der Waals surface area contributed by atoms with Crippen molar-refractivity contribution in [2.75, 3.05) is 25.0 Å². The lowest BCUT2D eigenvalue weighted by molar-refractivity contribution is 0.100. The average molecular weight is 265 g/mol. The molecular weight excluding hydrogens is 245 g/mol. The molecule has 1 aromatic rings. The molecule has 1 atom stereocenters. The fraction of sp³-hybridized carbons (Fsp3) is 0.500. The van der Waals surface area contributed by atoms with Gasteiger partial charge >= 0.3 is 0 Å². The van der Waals surface area contributed by atoms with Gasteiger partial charge in [0.15, 0.2) is 0 Å². The molecule has 2 rings (SSSR count). The molecular formula is C14H20FN3O. The van der Waals surface area contributed by atoms with Gasteiger partial charge in [0.05, 0.1) is 5.56 Å². The van der Waals surface area contributed by atoms with E-state index in [-0.39, 0.29) is 11.0 Å². The SMILES string of the molecule is CC1(CNc2ccc(F)cc2C(N)=O)CCCNC1. The van der Waals surface area contributed by atoms with E-state index < -0.39 is 11.7 Å². The molecule has 0 spiro atoms. The molecule has 0 bridgehead atoms. The van der Waals surface area contributed by atoms with Crippen molar-refractivity contribution in [2.45, 2.75) is 19.8 Å². The maximum Gasteiger partial charge on any atom is 0.250 e. The zero-order chi connectivity index (χ0) is 13.9. The number of piperidine rings is 1. The molecule has 4 N–H and O–H groups in total. The van der Waals surface area contributed by atoms with Crippen LogP contribution in [-0.4, -0.2) is 25.5 Å². The topological polar surface area (TPSA) is 67.1 Å². The molecule has 0 saturated carbocycles. The summed E-state index contributed by atoms with van der Waals surface area (Å²) in [4.78, 5) is 11.3. The first-order valence-corrected chi connectivity index (χ1v) is 6.54. The molecule has 4 nitrogen and oxygen atoms in total. The number of nitrogens with one attached hydrogen (secondary N) is 2. The van der Waals surface area contributed by atoms with Gasteiger partial charge in [-0.15, -0.1) is 0 Å². The van der Waals surface area contributed by atoms with E-state index >= 15 is 0 Å². The highest BCUT2D eigenvalue weighted by molar-refractivity contribution is 5.98. The predicted molar refractivity (Wildman–Crippen MR) is 73.6 cm³/mol.